The molecule has 0 radical (unpaired) electrons. The molecule has 3 heteroatoms. The van der Waals surface area contributed by atoms with Crippen LogP contribution in [0.15, 0.2) is 24.3 Å². The van der Waals surface area contributed by atoms with E-state index in [1.54, 1.807) is 0 Å². The van der Waals surface area contributed by atoms with Crippen molar-refractivity contribution in [3.05, 3.63) is 29.8 Å². The Kier molecular flexibility index (Phi) is 4.83. The van der Waals surface area contributed by atoms with E-state index < -0.39 is 0 Å². The largest absolute Gasteiger partial charge is 0.396 e. The Bertz CT molecular complexity index is 403. The van der Waals surface area contributed by atoms with Crippen LogP contribution in [0, 0.1) is 0 Å². The summed E-state index contributed by atoms with van der Waals surface area (Å²) in [5.41, 5.74) is 2.74. The van der Waals surface area contributed by atoms with Gasteiger partial charge in [0.05, 0.1) is 0 Å². The van der Waals surface area contributed by atoms with Gasteiger partial charge < -0.3 is 15.3 Å². The maximum Gasteiger partial charge on any atom is 0.0451 e. The van der Waals surface area contributed by atoms with Crippen LogP contribution in [0.4, 0.5) is 5.69 Å². The minimum absolute atomic E-state index is 0.249. The van der Waals surface area contributed by atoms with E-state index in [4.69, 9.17) is 0 Å². The third-order valence-corrected chi connectivity index (χ3v) is 3.99. The van der Waals surface area contributed by atoms with Gasteiger partial charge in [-0.15, -0.1) is 0 Å². The van der Waals surface area contributed by atoms with Crippen molar-refractivity contribution >= 4 is 5.69 Å². The van der Waals surface area contributed by atoms with Gasteiger partial charge in [0.2, 0.25) is 0 Å². The molecule has 1 aliphatic rings. The zero-order valence-electron chi connectivity index (χ0n) is 12.3. The van der Waals surface area contributed by atoms with E-state index >= 15 is 0 Å². The first kappa shape index (κ1) is 14.4. The van der Waals surface area contributed by atoms with E-state index in [1.165, 1.54) is 11.3 Å². The highest BCUT2D eigenvalue weighted by Gasteiger charge is 2.29. The monoisotopic (exact) mass is 262 g/mol. The van der Waals surface area contributed by atoms with Crippen molar-refractivity contribution in [2.45, 2.75) is 45.2 Å². The molecule has 0 amide bonds. The van der Waals surface area contributed by atoms with Crippen molar-refractivity contribution in [2.24, 2.45) is 0 Å². The predicted octanol–water partition coefficient (Wildman–Crippen LogP) is 2.36. The molecule has 1 saturated heterocycles. The number of nitrogens with one attached hydrogen (secondary N) is 1. The first-order valence-corrected chi connectivity index (χ1v) is 7.34. The standard InChI is InChI=1S/C16H26N2O/c1-12(2)15-6-4-5-7-16(15)18-13(3)10-17-11-14(18)8-9-19/h4-7,12-14,17,19H,8-11H2,1-3H3. The van der Waals surface area contributed by atoms with Crippen LogP contribution in [0.5, 0.6) is 0 Å². The number of hydrogen-bond donors (Lipinski definition) is 2. The summed E-state index contributed by atoms with van der Waals surface area (Å²) in [6.07, 6.45) is 0.823. The molecule has 0 aromatic heterocycles. The van der Waals surface area contributed by atoms with Gasteiger partial charge in [-0.2, -0.15) is 0 Å². The minimum atomic E-state index is 0.249. The molecule has 106 valence electrons. The summed E-state index contributed by atoms with van der Waals surface area (Å²) in [5, 5.41) is 12.8. The number of benzene rings is 1. The van der Waals surface area contributed by atoms with E-state index in [1.807, 2.05) is 0 Å². The summed E-state index contributed by atoms with van der Waals surface area (Å²) in [6, 6.07) is 9.53. The second-order valence-corrected chi connectivity index (χ2v) is 5.79. The third-order valence-electron chi connectivity index (χ3n) is 3.99. The Balaban J connectivity index is 2.35. The molecule has 2 N–H and O–H groups in total. The minimum Gasteiger partial charge on any atom is -0.396 e. The molecule has 0 bridgehead atoms. The molecule has 0 saturated carbocycles. The van der Waals surface area contributed by atoms with Gasteiger partial charge in [0.15, 0.2) is 0 Å². The average Bonchev–Trinajstić information content (AvgIpc) is 2.39. The number of rotatable bonds is 4. The molecular formula is C16H26N2O. The van der Waals surface area contributed by atoms with Gasteiger partial charge in [-0.3, -0.25) is 0 Å². The quantitative estimate of drug-likeness (QED) is 0.874. The molecule has 0 aliphatic carbocycles. The lowest BCUT2D eigenvalue weighted by atomic mass is 9.96. The van der Waals surface area contributed by atoms with Crippen LogP contribution in [-0.2, 0) is 0 Å². The second-order valence-electron chi connectivity index (χ2n) is 5.79. The molecule has 19 heavy (non-hydrogen) atoms. The molecule has 1 aromatic carbocycles. The summed E-state index contributed by atoms with van der Waals surface area (Å²) in [4.78, 5) is 2.50. The van der Waals surface area contributed by atoms with Crippen molar-refractivity contribution in [2.75, 3.05) is 24.6 Å². The van der Waals surface area contributed by atoms with Crippen LogP contribution < -0.4 is 10.2 Å². The lowest BCUT2D eigenvalue weighted by molar-refractivity contribution is 0.259. The van der Waals surface area contributed by atoms with Crippen LogP contribution in [0.2, 0.25) is 0 Å². The normalized spacial score (nSPS) is 23.9. The molecule has 2 unspecified atom stereocenters. The zero-order chi connectivity index (χ0) is 13.8. The van der Waals surface area contributed by atoms with Gasteiger partial charge in [-0.1, -0.05) is 32.0 Å². The summed E-state index contributed by atoms with van der Waals surface area (Å²) in [7, 11) is 0. The molecule has 1 aromatic rings. The maximum atomic E-state index is 9.29. The highest BCUT2D eigenvalue weighted by Crippen LogP contribution is 2.31. The summed E-state index contributed by atoms with van der Waals surface area (Å²) in [5.74, 6) is 0.521. The van der Waals surface area contributed by atoms with Crippen molar-refractivity contribution in [1.29, 1.82) is 0 Å². The van der Waals surface area contributed by atoms with Crippen LogP contribution >= 0.6 is 0 Å². The summed E-state index contributed by atoms with van der Waals surface area (Å²) < 4.78 is 0. The number of para-hydroxylation sites is 1. The molecule has 0 spiro atoms. The Hall–Kier alpha value is -1.06. The SMILES string of the molecule is CC(C)c1ccccc1N1C(C)CNCC1CCO. The van der Waals surface area contributed by atoms with Gasteiger partial charge in [-0.25, -0.2) is 0 Å². The van der Waals surface area contributed by atoms with Crippen molar-refractivity contribution in [3.8, 4) is 0 Å². The maximum absolute atomic E-state index is 9.29. The molecular weight excluding hydrogens is 236 g/mol. The van der Waals surface area contributed by atoms with E-state index in [-0.39, 0.29) is 6.61 Å². The Morgan fingerprint density at radius 2 is 2.05 bits per heavy atom. The number of aliphatic hydroxyl groups excluding tert-OH is 1. The van der Waals surface area contributed by atoms with Crippen LogP contribution in [0.3, 0.4) is 0 Å². The Morgan fingerprint density at radius 1 is 1.32 bits per heavy atom. The molecule has 1 aliphatic heterocycles. The number of nitrogens with zero attached hydrogens (tertiary/aromatic N) is 1. The van der Waals surface area contributed by atoms with Crippen molar-refractivity contribution < 1.29 is 5.11 Å². The number of piperazine rings is 1. The Morgan fingerprint density at radius 3 is 2.74 bits per heavy atom. The lowest BCUT2D eigenvalue weighted by Gasteiger charge is -2.44. The fourth-order valence-corrected chi connectivity index (χ4v) is 3.05. The van der Waals surface area contributed by atoms with E-state index in [0.29, 0.717) is 18.0 Å². The zero-order valence-corrected chi connectivity index (χ0v) is 12.3. The molecule has 1 heterocycles. The lowest BCUT2D eigenvalue weighted by Crippen LogP contribution is -2.57. The first-order chi connectivity index (χ1) is 9.15. The van der Waals surface area contributed by atoms with Gasteiger partial charge in [0, 0.05) is 37.5 Å². The van der Waals surface area contributed by atoms with Crippen LogP contribution in [0.25, 0.3) is 0 Å². The predicted molar refractivity (Wildman–Crippen MR) is 80.8 cm³/mol. The molecule has 3 nitrogen and oxygen atoms in total. The Labute approximate surface area is 116 Å². The van der Waals surface area contributed by atoms with Gasteiger partial charge in [0.25, 0.3) is 0 Å². The fraction of sp³-hybridized carbons (Fsp3) is 0.625. The molecule has 2 rings (SSSR count). The average molecular weight is 262 g/mol. The van der Waals surface area contributed by atoms with Gasteiger partial charge in [-0.05, 0) is 30.9 Å². The summed E-state index contributed by atoms with van der Waals surface area (Å²) in [6.45, 7) is 8.96. The fourth-order valence-electron chi connectivity index (χ4n) is 3.05. The molecule has 1 fully saturated rings. The van der Waals surface area contributed by atoms with Crippen LogP contribution in [-0.4, -0.2) is 36.9 Å². The smallest absolute Gasteiger partial charge is 0.0451 e. The van der Waals surface area contributed by atoms with Crippen LogP contribution in [0.1, 0.15) is 38.7 Å². The molecule has 2 atom stereocenters. The highest BCUT2D eigenvalue weighted by molar-refractivity contribution is 5.57. The van der Waals surface area contributed by atoms with E-state index in [2.05, 4.69) is 55.3 Å². The van der Waals surface area contributed by atoms with Gasteiger partial charge in [0.1, 0.15) is 0 Å². The summed E-state index contributed by atoms with van der Waals surface area (Å²) >= 11 is 0. The van der Waals surface area contributed by atoms with Gasteiger partial charge >= 0.3 is 0 Å². The first-order valence-electron chi connectivity index (χ1n) is 7.34. The second kappa shape index (κ2) is 6.40. The van der Waals surface area contributed by atoms with Crippen molar-refractivity contribution in [1.82, 2.24) is 5.32 Å². The number of anilines is 1. The topological polar surface area (TPSA) is 35.5 Å². The number of hydrogen-bond acceptors (Lipinski definition) is 3. The van der Waals surface area contributed by atoms with Crippen molar-refractivity contribution in [3.63, 3.8) is 0 Å². The van der Waals surface area contributed by atoms with E-state index in [9.17, 15) is 5.11 Å². The number of aliphatic hydroxyl groups is 1. The van der Waals surface area contributed by atoms with E-state index in [0.717, 1.165) is 19.5 Å². The third kappa shape index (κ3) is 3.10. The highest BCUT2D eigenvalue weighted by atomic mass is 16.3.